The lowest BCUT2D eigenvalue weighted by atomic mass is 10.0. The lowest BCUT2D eigenvalue weighted by Gasteiger charge is -2.15. The molecule has 0 fully saturated rings. The van der Waals surface area contributed by atoms with Gasteiger partial charge in [0.15, 0.2) is 17.4 Å². The van der Waals surface area contributed by atoms with Crippen LogP contribution >= 0.6 is 0 Å². The molecule has 176 valence electrons. The van der Waals surface area contributed by atoms with Crippen molar-refractivity contribution in [2.24, 2.45) is 0 Å². The Morgan fingerprint density at radius 1 is 1.00 bits per heavy atom. The number of anilines is 1. The van der Waals surface area contributed by atoms with E-state index in [9.17, 15) is 22.0 Å². The highest BCUT2D eigenvalue weighted by atomic mass is 32.2. The topological polar surface area (TPSA) is 97.6 Å². The molecule has 0 saturated heterocycles. The zero-order chi connectivity index (χ0) is 24.3. The predicted molar refractivity (Wildman–Crippen MR) is 120 cm³/mol. The molecule has 1 aromatic heterocycles. The molecule has 0 unspecified atom stereocenters. The van der Waals surface area contributed by atoms with Crippen molar-refractivity contribution >= 4 is 21.6 Å². The Hall–Kier alpha value is -3.40. The second-order valence-corrected chi connectivity index (χ2v) is 9.63. The molecule has 0 aliphatic carbocycles. The van der Waals surface area contributed by atoms with E-state index < -0.39 is 39.3 Å². The molecule has 0 radical (unpaired) electrons. The van der Waals surface area contributed by atoms with Crippen LogP contribution in [-0.4, -0.2) is 20.6 Å². The van der Waals surface area contributed by atoms with Crippen molar-refractivity contribution in [3.05, 3.63) is 77.1 Å². The number of rotatable bonds is 8. The Bertz CT molecular complexity index is 1250. The second-order valence-electron chi connectivity index (χ2n) is 7.88. The van der Waals surface area contributed by atoms with Gasteiger partial charge in [0.05, 0.1) is 12.3 Å². The van der Waals surface area contributed by atoms with Crippen LogP contribution in [0.1, 0.15) is 54.4 Å². The third-order valence-electron chi connectivity index (χ3n) is 4.75. The van der Waals surface area contributed by atoms with Crippen LogP contribution in [0.5, 0.6) is 11.7 Å². The molecule has 0 saturated carbocycles. The van der Waals surface area contributed by atoms with E-state index in [2.05, 4.69) is 19.2 Å². The summed E-state index contributed by atoms with van der Waals surface area (Å²) >= 11 is 0. The Morgan fingerprint density at radius 3 is 2.27 bits per heavy atom. The van der Waals surface area contributed by atoms with Gasteiger partial charge >= 0.3 is 0 Å². The lowest BCUT2D eigenvalue weighted by molar-refractivity contribution is 0.0906. The Kier molecular flexibility index (Phi) is 7.06. The quantitative estimate of drug-likeness (QED) is 0.456. The van der Waals surface area contributed by atoms with Crippen LogP contribution in [0.2, 0.25) is 0 Å². The molecular formula is C23H24F2N2O5S. The summed E-state index contributed by atoms with van der Waals surface area (Å²) in [4.78, 5) is 12.5. The molecule has 3 rings (SSSR count). The van der Waals surface area contributed by atoms with Crippen molar-refractivity contribution in [3.8, 4) is 11.7 Å². The highest BCUT2D eigenvalue weighted by molar-refractivity contribution is 7.92. The molecule has 2 aromatic carbocycles. The van der Waals surface area contributed by atoms with Gasteiger partial charge < -0.3 is 14.5 Å². The fourth-order valence-corrected chi connectivity index (χ4v) is 3.59. The van der Waals surface area contributed by atoms with Gasteiger partial charge in [0.25, 0.3) is 11.9 Å². The van der Waals surface area contributed by atoms with E-state index in [0.29, 0.717) is 11.7 Å². The number of benzene rings is 2. The van der Waals surface area contributed by atoms with Crippen molar-refractivity contribution in [3.63, 3.8) is 0 Å². The molecule has 10 heteroatoms. The van der Waals surface area contributed by atoms with Gasteiger partial charge in [-0.15, -0.1) is 0 Å². The van der Waals surface area contributed by atoms with Crippen LogP contribution < -0.4 is 14.8 Å². The highest BCUT2D eigenvalue weighted by Crippen LogP contribution is 2.28. The number of furan rings is 1. The van der Waals surface area contributed by atoms with Crippen LogP contribution in [0.15, 0.2) is 52.9 Å². The summed E-state index contributed by atoms with van der Waals surface area (Å²) in [7, 11) is -3.86. The number of nitrogens with one attached hydrogen (secondary N) is 2. The molecular weight excluding hydrogens is 454 g/mol. The van der Waals surface area contributed by atoms with E-state index in [1.54, 1.807) is 10.8 Å². The first-order valence-corrected chi connectivity index (χ1v) is 12.0. The van der Waals surface area contributed by atoms with E-state index in [-0.39, 0.29) is 17.3 Å². The summed E-state index contributed by atoms with van der Waals surface area (Å²) < 4.78 is 63.9. The van der Waals surface area contributed by atoms with Gasteiger partial charge in [-0.1, -0.05) is 26.0 Å². The van der Waals surface area contributed by atoms with E-state index in [4.69, 9.17) is 9.15 Å². The maximum Gasteiger partial charge on any atom is 0.290 e. The van der Waals surface area contributed by atoms with Gasteiger partial charge in [0.1, 0.15) is 11.4 Å². The maximum atomic E-state index is 14.2. The van der Waals surface area contributed by atoms with Crippen LogP contribution in [-0.2, 0) is 10.0 Å². The summed E-state index contributed by atoms with van der Waals surface area (Å²) in [5, 5.41) is 2.58. The molecule has 1 amide bonds. The van der Waals surface area contributed by atoms with Crippen molar-refractivity contribution in [1.29, 1.82) is 0 Å². The molecule has 1 heterocycles. The summed E-state index contributed by atoms with van der Waals surface area (Å²) in [6, 6.07) is 11.5. The molecule has 2 N–H and O–H groups in total. The fourth-order valence-electron chi connectivity index (χ4n) is 3.03. The Balaban J connectivity index is 1.69. The molecule has 3 aromatic rings. The molecule has 1 atom stereocenters. The predicted octanol–water partition coefficient (Wildman–Crippen LogP) is 5.34. The van der Waals surface area contributed by atoms with Gasteiger partial charge in [-0.3, -0.25) is 9.52 Å². The van der Waals surface area contributed by atoms with E-state index in [1.165, 1.54) is 19.1 Å². The second kappa shape index (κ2) is 9.62. The van der Waals surface area contributed by atoms with Crippen LogP contribution in [0.3, 0.4) is 0 Å². The maximum absolute atomic E-state index is 14.2. The zero-order valence-electron chi connectivity index (χ0n) is 18.5. The third-order valence-corrected chi connectivity index (χ3v) is 5.32. The largest absolute Gasteiger partial charge is 0.426 e. The summed E-state index contributed by atoms with van der Waals surface area (Å²) in [6.07, 6.45) is 0.783. The molecule has 0 aliphatic heterocycles. The van der Waals surface area contributed by atoms with E-state index >= 15 is 0 Å². The fraction of sp³-hybridized carbons (Fsp3) is 0.261. The summed E-state index contributed by atoms with van der Waals surface area (Å²) in [5.74, 6) is -1.88. The normalized spacial score (nSPS) is 12.5. The van der Waals surface area contributed by atoms with Crippen molar-refractivity contribution < 1.29 is 31.1 Å². The molecule has 7 nitrogen and oxygen atoms in total. The van der Waals surface area contributed by atoms with Crippen LogP contribution in [0, 0.1) is 11.6 Å². The van der Waals surface area contributed by atoms with Crippen molar-refractivity contribution in [2.45, 2.75) is 32.7 Å². The van der Waals surface area contributed by atoms with E-state index in [1.807, 2.05) is 18.2 Å². The monoisotopic (exact) mass is 478 g/mol. The highest BCUT2D eigenvalue weighted by Gasteiger charge is 2.20. The summed E-state index contributed by atoms with van der Waals surface area (Å²) in [6.45, 7) is 5.64. The number of carbonyl (C=O) groups is 1. The number of halogens is 2. The number of ether oxygens (including phenoxy) is 1. The number of amides is 1. The molecule has 0 spiro atoms. The lowest BCUT2D eigenvalue weighted by Crippen LogP contribution is -2.26. The van der Waals surface area contributed by atoms with Crippen LogP contribution in [0.25, 0.3) is 0 Å². The van der Waals surface area contributed by atoms with E-state index in [0.717, 1.165) is 24.0 Å². The first-order valence-electron chi connectivity index (χ1n) is 10.1. The zero-order valence-corrected chi connectivity index (χ0v) is 19.3. The molecule has 0 aliphatic rings. The summed E-state index contributed by atoms with van der Waals surface area (Å²) in [5.41, 5.74) is 0.406. The number of hydrogen-bond acceptors (Lipinski definition) is 5. The minimum Gasteiger partial charge on any atom is -0.426 e. The Morgan fingerprint density at radius 2 is 1.67 bits per heavy atom. The number of carbonyl (C=O) groups excluding carboxylic acids is 1. The number of hydrogen-bond donors (Lipinski definition) is 2. The SMILES string of the molecule is CC(C)c1cccc(Oc2ccc(C(=O)N[C@H](C)c3cc(F)c(NS(C)(=O)=O)c(F)c3)o2)c1. The third kappa shape index (κ3) is 6.32. The van der Waals surface area contributed by atoms with Crippen molar-refractivity contribution in [2.75, 3.05) is 11.0 Å². The molecule has 33 heavy (non-hydrogen) atoms. The average Bonchev–Trinajstić information content (AvgIpc) is 3.18. The Labute approximate surface area is 190 Å². The average molecular weight is 479 g/mol. The minimum atomic E-state index is -3.86. The standard InChI is InChI=1S/C23H24F2N2O5S/c1-13(2)15-6-5-7-17(10-15)31-21-9-8-20(32-21)23(28)26-14(3)16-11-18(24)22(19(25)12-16)27-33(4,29)30/h5-14,27H,1-4H3,(H,26,28)/t14-/m1/s1. The number of sulfonamides is 1. The van der Waals surface area contributed by atoms with Gasteiger partial charge in [-0.25, -0.2) is 17.2 Å². The van der Waals surface area contributed by atoms with Gasteiger partial charge in [0, 0.05) is 6.07 Å². The van der Waals surface area contributed by atoms with Crippen LogP contribution in [0.4, 0.5) is 14.5 Å². The van der Waals surface area contributed by atoms with Crippen molar-refractivity contribution in [1.82, 2.24) is 5.32 Å². The van der Waals surface area contributed by atoms with Gasteiger partial charge in [-0.2, -0.15) is 0 Å². The smallest absolute Gasteiger partial charge is 0.290 e. The van der Waals surface area contributed by atoms with Gasteiger partial charge in [0.2, 0.25) is 10.0 Å². The first kappa shape index (κ1) is 24.2. The minimum absolute atomic E-state index is 0.0480. The first-order chi connectivity index (χ1) is 15.4. The van der Waals surface area contributed by atoms with Gasteiger partial charge in [-0.05, 0) is 54.3 Å². The molecule has 0 bridgehead atoms.